The second kappa shape index (κ2) is 5.80. The Kier molecular flexibility index (Phi) is 3.89. The summed E-state index contributed by atoms with van der Waals surface area (Å²) in [5.74, 6) is 1.74. The monoisotopic (exact) mass is 262 g/mol. The van der Waals surface area contributed by atoms with Crippen LogP contribution in [0.5, 0.6) is 11.5 Å². The highest BCUT2D eigenvalue weighted by Gasteiger charge is 2.18. The van der Waals surface area contributed by atoms with Gasteiger partial charge in [-0.3, -0.25) is 0 Å². The van der Waals surface area contributed by atoms with Gasteiger partial charge in [0.2, 0.25) is 0 Å². The fourth-order valence-electron chi connectivity index (χ4n) is 2.77. The molecule has 19 heavy (non-hydrogen) atoms. The Balaban J connectivity index is 1.67. The molecule has 0 radical (unpaired) electrons. The Morgan fingerprint density at radius 2 is 1.89 bits per heavy atom. The summed E-state index contributed by atoms with van der Waals surface area (Å²) in [6, 6.07) is 7.22. The van der Waals surface area contributed by atoms with Crippen LogP contribution in [-0.2, 0) is 0 Å². The molecule has 1 saturated heterocycles. The van der Waals surface area contributed by atoms with Crippen molar-refractivity contribution in [3.63, 3.8) is 0 Å². The highest BCUT2D eigenvalue weighted by molar-refractivity contribution is 5.44. The van der Waals surface area contributed by atoms with Gasteiger partial charge >= 0.3 is 0 Å². The first-order valence-corrected chi connectivity index (χ1v) is 7.19. The van der Waals surface area contributed by atoms with Crippen molar-refractivity contribution in [2.75, 3.05) is 26.3 Å². The molecule has 1 unspecified atom stereocenters. The van der Waals surface area contributed by atoms with E-state index < -0.39 is 0 Å². The standard InChI is InChI=1S/C15H22N2O2/c1-11(17-13-4-6-16-7-5-13)12-2-3-14-15(10-12)19-9-8-18-14/h2-3,10-11,13,16-17H,4-9H2,1H3. The van der Waals surface area contributed by atoms with Gasteiger partial charge in [-0.05, 0) is 50.6 Å². The van der Waals surface area contributed by atoms with Gasteiger partial charge in [-0.1, -0.05) is 6.07 Å². The summed E-state index contributed by atoms with van der Waals surface area (Å²) in [7, 11) is 0. The molecule has 0 aromatic heterocycles. The van der Waals surface area contributed by atoms with E-state index in [1.54, 1.807) is 0 Å². The zero-order valence-corrected chi connectivity index (χ0v) is 11.4. The van der Waals surface area contributed by atoms with E-state index in [0.717, 1.165) is 24.6 Å². The van der Waals surface area contributed by atoms with Gasteiger partial charge in [-0.2, -0.15) is 0 Å². The van der Waals surface area contributed by atoms with Gasteiger partial charge in [-0.15, -0.1) is 0 Å². The van der Waals surface area contributed by atoms with E-state index in [9.17, 15) is 0 Å². The highest BCUT2D eigenvalue weighted by atomic mass is 16.6. The lowest BCUT2D eigenvalue weighted by atomic mass is 10.0. The van der Waals surface area contributed by atoms with E-state index in [-0.39, 0.29) is 0 Å². The number of nitrogens with one attached hydrogen (secondary N) is 2. The first-order chi connectivity index (χ1) is 9.33. The highest BCUT2D eigenvalue weighted by Crippen LogP contribution is 2.32. The van der Waals surface area contributed by atoms with Crippen LogP contribution in [0.15, 0.2) is 18.2 Å². The van der Waals surface area contributed by atoms with Crippen LogP contribution in [0, 0.1) is 0 Å². The van der Waals surface area contributed by atoms with Crippen LogP contribution < -0.4 is 20.1 Å². The lowest BCUT2D eigenvalue weighted by molar-refractivity contribution is 0.171. The zero-order valence-electron chi connectivity index (χ0n) is 11.4. The number of piperidine rings is 1. The van der Waals surface area contributed by atoms with E-state index in [4.69, 9.17) is 9.47 Å². The average molecular weight is 262 g/mol. The second-order valence-corrected chi connectivity index (χ2v) is 5.32. The summed E-state index contributed by atoms with van der Waals surface area (Å²) in [5, 5.41) is 7.10. The van der Waals surface area contributed by atoms with Crippen LogP contribution in [0.2, 0.25) is 0 Å². The van der Waals surface area contributed by atoms with Crippen LogP contribution in [-0.4, -0.2) is 32.3 Å². The van der Waals surface area contributed by atoms with Crippen molar-refractivity contribution in [3.8, 4) is 11.5 Å². The number of fused-ring (bicyclic) bond motifs is 1. The van der Waals surface area contributed by atoms with Crippen LogP contribution in [0.4, 0.5) is 0 Å². The van der Waals surface area contributed by atoms with E-state index >= 15 is 0 Å². The maximum Gasteiger partial charge on any atom is 0.161 e. The van der Waals surface area contributed by atoms with Crippen molar-refractivity contribution in [1.29, 1.82) is 0 Å². The van der Waals surface area contributed by atoms with Gasteiger partial charge in [0.25, 0.3) is 0 Å². The van der Waals surface area contributed by atoms with Gasteiger partial charge in [0.15, 0.2) is 11.5 Å². The third kappa shape index (κ3) is 3.01. The van der Waals surface area contributed by atoms with Crippen LogP contribution in [0.1, 0.15) is 31.4 Å². The van der Waals surface area contributed by atoms with Crippen molar-refractivity contribution in [2.45, 2.75) is 31.8 Å². The van der Waals surface area contributed by atoms with Gasteiger partial charge < -0.3 is 20.1 Å². The zero-order chi connectivity index (χ0) is 13.1. The molecule has 0 bridgehead atoms. The number of rotatable bonds is 3. The lowest BCUT2D eigenvalue weighted by Crippen LogP contribution is -2.40. The van der Waals surface area contributed by atoms with Gasteiger partial charge in [-0.25, -0.2) is 0 Å². The first-order valence-electron chi connectivity index (χ1n) is 7.19. The molecule has 2 aliphatic heterocycles. The molecule has 1 aromatic rings. The third-order valence-electron chi connectivity index (χ3n) is 3.89. The smallest absolute Gasteiger partial charge is 0.161 e. The molecule has 1 fully saturated rings. The Morgan fingerprint density at radius 1 is 1.16 bits per heavy atom. The Hall–Kier alpha value is -1.26. The predicted octanol–water partition coefficient (Wildman–Crippen LogP) is 1.86. The van der Waals surface area contributed by atoms with E-state index in [2.05, 4.69) is 29.7 Å². The summed E-state index contributed by atoms with van der Waals surface area (Å²) < 4.78 is 11.2. The van der Waals surface area contributed by atoms with Gasteiger partial charge in [0.1, 0.15) is 13.2 Å². The Bertz CT molecular complexity index is 430. The number of hydrogen-bond acceptors (Lipinski definition) is 4. The minimum atomic E-state index is 0.346. The number of benzene rings is 1. The fraction of sp³-hybridized carbons (Fsp3) is 0.600. The topological polar surface area (TPSA) is 42.5 Å². The van der Waals surface area contributed by atoms with Crippen molar-refractivity contribution in [2.24, 2.45) is 0 Å². The van der Waals surface area contributed by atoms with E-state index in [0.29, 0.717) is 25.3 Å². The summed E-state index contributed by atoms with van der Waals surface area (Å²) in [5.41, 5.74) is 1.27. The predicted molar refractivity (Wildman–Crippen MR) is 74.9 cm³/mol. The molecular weight excluding hydrogens is 240 g/mol. The molecule has 1 atom stereocenters. The Morgan fingerprint density at radius 3 is 2.68 bits per heavy atom. The molecular formula is C15H22N2O2. The molecule has 0 saturated carbocycles. The van der Waals surface area contributed by atoms with Crippen LogP contribution in [0.25, 0.3) is 0 Å². The Labute approximate surface area is 114 Å². The molecule has 4 nitrogen and oxygen atoms in total. The molecule has 2 N–H and O–H groups in total. The van der Waals surface area contributed by atoms with Crippen molar-refractivity contribution >= 4 is 0 Å². The number of ether oxygens (including phenoxy) is 2. The molecule has 3 rings (SSSR count). The quantitative estimate of drug-likeness (QED) is 0.872. The summed E-state index contributed by atoms with van der Waals surface area (Å²) in [6.45, 7) is 5.74. The van der Waals surface area contributed by atoms with Crippen LogP contribution in [0.3, 0.4) is 0 Å². The normalized spacial score (nSPS) is 21.1. The van der Waals surface area contributed by atoms with Gasteiger partial charge in [0.05, 0.1) is 0 Å². The molecule has 0 amide bonds. The molecule has 2 heterocycles. The largest absolute Gasteiger partial charge is 0.486 e. The van der Waals surface area contributed by atoms with Crippen molar-refractivity contribution in [3.05, 3.63) is 23.8 Å². The molecule has 1 aromatic carbocycles. The maximum absolute atomic E-state index is 5.64. The maximum atomic E-state index is 5.64. The van der Waals surface area contributed by atoms with Crippen molar-refractivity contribution < 1.29 is 9.47 Å². The summed E-state index contributed by atoms with van der Waals surface area (Å²) >= 11 is 0. The van der Waals surface area contributed by atoms with Crippen LogP contribution >= 0.6 is 0 Å². The molecule has 4 heteroatoms. The number of hydrogen-bond donors (Lipinski definition) is 2. The molecule has 0 spiro atoms. The summed E-state index contributed by atoms with van der Waals surface area (Å²) in [6.07, 6.45) is 2.41. The lowest BCUT2D eigenvalue weighted by Gasteiger charge is -2.28. The molecule has 2 aliphatic rings. The minimum absolute atomic E-state index is 0.346. The SMILES string of the molecule is CC(NC1CCNCC1)c1ccc2c(c1)OCCO2. The van der Waals surface area contributed by atoms with E-state index in [1.165, 1.54) is 18.4 Å². The molecule has 0 aliphatic carbocycles. The fourth-order valence-corrected chi connectivity index (χ4v) is 2.77. The minimum Gasteiger partial charge on any atom is -0.486 e. The second-order valence-electron chi connectivity index (χ2n) is 5.32. The third-order valence-corrected chi connectivity index (χ3v) is 3.89. The van der Waals surface area contributed by atoms with E-state index in [1.807, 2.05) is 6.07 Å². The summed E-state index contributed by atoms with van der Waals surface area (Å²) in [4.78, 5) is 0. The first kappa shape index (κ1) is 12.8. The molecule has 104 valence electrons. The van der Waals surface area contributed by atoms with Gasteiger partial charge in [0, 0.05) is 12.1 Å². The van der Waals surface area contributed by atoms with Crippen molar-refractivity contribution in [1.82, 2.24) is 10.6 Å². The average Bonchev–Trinajstić information content (AvgIpc) is 2.48.